The average molecular weight is 435 g/mol. The minimum Gasteiger partial charge on any atom is -0.255 e. The summed E-state index contributed by atoms with van der Waals surface area (Å²) in [4.78, 5) is 11.8. The lowest BCUT2D eigenvalue weighted by Gasteiger charge is -2.18. The van der Waals surface area contributed by atoms with Crippen molar-refractivity contribution in [2.75, 3.05) is 0 Å². The van der Waals surface area contributed by atoms with Gasteiger partial charge >= 0.3 is 0 Å². The van der Waals surface area contributed by atoms with Crippen LogP contribution in [0.25, 0.3) is 0 Å². The Morgan fingerprint density at radius 2 is 1.23 bits per heavy atom. The molecule has 0 amide bonds. The van der Waals surface area contributed by atoms with Gasteiger partial charge in [-0.2, -0.15) is 0 Å². The van der Waals surface area contributed by atoms with Crippen molar-refractivity contribution in [1.82, 2.24) is 4.98 Å². The average Bonchev–Trinajstić information content (AvgIpc) is 2.83. The highest BCUT2D eigenvalue weighted by Gasteiger charge is 2.15. The number of pyridine rings is 1. The number of hydrogen-bond acceptors (Lipinski definition) is 3. The molecule has 3 aromatic rings. The molecule has 0 fully saturated rings. The Kier molecular flexibility index (Phi) is 11.3. The van der Waals surface area contributed by atoms with Gasteiger partial charge in [0.15, 0.2) is 0 Å². The van der Waals surface area contributed by atoms with Crippen LogP contribution in [0.15, 0.2) is 63.4 Å². The van der Waals surface area contributed by atoms with Gasteiger partial charge in [0.25, 0.3) is 0 Å². The summed E-state index contributed by atoms with van der Waals surface area (Å²) in [6.07, 6.45) is 1.81. The van der Waals surface area contributed by atoms with Crippen molar-refractivity contribution in [3.63, 3.8) is 0 Å². The summed E-state index contributed by atoms with van der Waals surface area (Å²) in [5.41, 5.74) is 9.70. The topological polar surface area (TPSA) is 25.2 Å². The van der Waals surface area contributed by atoms with Crippen LogP contribution in [-0.2, 0) is 0 Å². The Morgan fingerprint density at radius 1 is 0.710 bits per heavy atom. The van der Waals surface area contributed by atoms with Gasteiger partial charge in [-0.25, -0.2) is 0 Å². The highest BCUT2D eigenvalue weighted by molar-refractivity contribution is 7.99. The van der Waals surface area contributed by atoms with Gasteiger partial charge in [0.05, 0.1) is 17.1 Å². The molecule has 0 saturated heterocycles. The van der Waals surface area contributed by atoms with Crippen LogP contribution in [0.2, 0.25) is 0 Å². The minimum absolute atomic E-state index is 0.909. The summed E-state index contributed by atoms with van der Waals surface area (Å²) in [5.74, 6) is 0. The molecule has 0 N–H and O–H groups in total. The van der Waals surface area contributed by atoms with Gasteiger partial charge in [0.2, 0.25) is 0 Å². The maximum Gasteiger partial charge on any atom is 0.0841 e. The van der Waals surface area contributed by atoms with Crippen LogP contribution in [0.4, 0.5) is 5.69 Å². The van der Waals surface area contributed by atoms with E-state index in [1.165, 1.54) is 37.6 Å². The van der Waals surface area contributed by atoms with Crippen molar-refractivity contribution in [3.05, 3.63) is 82.2 Å². The second-order valence-electron chi connectivity index (χ2n) is 6.94. The SMILES string of the molecule is CC.CC.CC(=Nc1ccccc1Sc1c(C)c(C)c(C)c(C)c1C)c1ccccn1. The lowest BCUT2D eigenvalue weighted by molar-refractivity contribution is 1.09. The standard InChI is InChI=1S/C24H26N2S.2C2H6/c1-15-16(2)18(4)24(19(5)17(15)3)27-23-13-8-7-12-22(23)26-20(6)21-11-9-10-14-25-21;2*1-2/h7-14H,1-6H3;2*1-2H3. The van der Waals surface area contributed by atoms with Crippen LogP contribution < -0.4 is 0 Å². The van der Waals surface area contributed by atoms with Gasteiger partial charge in [-0.3, -0.25) is 9.98 Å². The second-order valence-corrected chi connectivity index (χ2v) is 7.99. The summed E-state index contributed by atoms with van der Waals surface area (Å²) < 4.78 is 0. The van der Waals surface area contributed by atoms with Gasteiger partial charge < -0.3 is 0 Å². The molecule has 1 aromatic heterocycles. The Morgan fingerprint density at radius 3 is 1.77 bits per heavy atom. The molecule has 3 rings (SSSR count). The Bertz CT molecular complexity index is 976. The van der Waals surface area contributed by atoms with Crippen molar-refractivity contribution in [3.8, 4) is 0 Å². The summed E-state index contributed by atoms with van der Waals surface area (Å²) >= 11 is 1.81. The molecule has 0 unspecified atom stereocenters. The maximum absolute atomic E-state index is 4.88. The van der Waals surface area contributed by atoms with Gasteiger partial charge in [0.1, 0.15) is 0 Å². The number of rotatable bonds is 4. The molecule has 0 aliphatic carbocycles. The van der Waals surface area contributed by atoms with E-state index in [0.717, 1.165) is 17.1 Å². The highest BCUT2D eigenvalue weighted by Crippen LogP contribution is 2.41. The summed E-state index contributed by atoms with van der Waals surface area (Å²) in [7, 11) is 0. The lowest BCUT2D eigenvalue weighted by Crippen LogP contribution is -1.99. The van der Waals surface area contributed by atoms with Crippen LogP contribution in [0.1, 0.15) is 68.1 Å². The highest BCUT2D eigenvalue weighted by atomic mass is 32.2. The molecule has 0 saturated carbocycles. The molecule has 0 spiro atoms. The van der Waals surface area contributed by atoms with E-state index >= 15 is 0 Å². The largest absolute Gasteiger partial charge is 0.255 e. The fourth-order valence-electron chi connectivity index (χ4n) is 3.18. The quantitative estimate of drug-likeness (QED) is 0.383. The molecule has 0 atom stereocenters. The first kappa shape index (κ1) is 26.6. The summed E-state index contributed by atoms with van der Waals surface area (Å²) in [6.45, 7) is 21.1. The summed E-state index contributed by atoms with van der Waals surface area (Å²) in [6, 6.07) is 14.3. The normalized spacial score (nSPS) is 10.6. The number of aliphatic imine (C=N–C) groups is 1. The number of para-hydroxylation sites is 1. The third-order valence-electron chi connectivity index (χ3n) is 5.33. The molecule has 0 aliphatic heterocycles. The molecule has 0 bridgehead atoms. The molecule has 3 heteroatoms. The van der Waals surface area contributed by atoms with Crippen LogP contribution in [0.5, 0.6) is 0 Å². The van der Waals surface area contributed by atoms with Crippen molar-refractivity contribution < 1.29 is 0 Å². The fraction of sp³-hybridized carbons (Fsp3) is 0.357. The molecule has 166 valence electrons. The fourth-order valence-corrected chi connectivity index (χ4v) is 4.38. The molecular formula is C28H38N2S. The zero-order valence-corrected chi connectivity index (χ0v) is 21.7. The van der Waals surface area contributed by atoms with Gasteiger partial charge in [-0.05, 0) is 93.6 Å². The van der Waals surface area contributed by atoms with Crippen LogP contribution in [-0.4, -0.2) is 10.7 Å². The smallest absolute Gasteiger partial charge is 0.0841 e. The second kappa shape index (κ2) is 13.1. The Labute approximate surface area is 194 Å². The zero-order valence-electron chi connectivity index (χ0n) is 20.9. The van der Waals surface area contributed by atoms with Gasteiger partial charge in [-0.15, -0.1) is 0 Å². The van der Waals surface area contributed by atoms with Gasteiger partial charge in [0, 0.05) is 16.0 Å². The number of nitrogens with zero attached hydrogens (tertiary/aromatic N) is 2. The van der Waals surface area contributed by atoms with Crippen LogP contribution in [0, 0.1) is 34.6 Å². The van der Waals surface area contributed by atoms with Crippen molar-refractivity contribution in [2.24, 2.45) is 4.99 Å². The predicted molar refractivity (Wildman–Crippen MR) is 139 cm³/mol. The van der Waals surface area contributed by atoms with E-state index in [0.29, 0.717) is 0 Å². The Hall–Kier alpha value is -2.39. The monoisotopic (exact) mass is 434 g/mol. The molecule has 0 aliphatic rings. The van der Waals surface area contributed by atoms with E-state index < -0.39 is 0 Å². The van der Waals surface area contributed by atoms with E-state index in [1.807, 2.05) is 70.6 Å². The first-order valence-corrected chi connectivity index (χ1v) is 12.0. The zero-order chi connectivity index (χ0) is 23.6. The van der Waals surface area contributed by atoms with Crippen molar-refractivity contribution in [1.29, 1.82) is 0 Å². The van der Waals surface area contributed by atoms with Crippen LogP contribution in [0.3, 0.4) is 0 Å². The first-order valence-electron chi connectivity index (χ1n) is 11.2. The molecular weight excluding hydrogens is 396 g/mol. The third kappa shape index (κ3) is 6.54. The van der Waals surface area contributed by atoms with Crippen molar-refractivity contribution >= 4 is 23.2 Å². The number of benzene rings is 2. The van der Waals surface area contributed by atoms with Crippen LogP contribution >= 0.6 is 11.8 Å². The Balaban J connectivity index is 0.00000113. The van der Waals surface area contributed by atoms with Gasteiger partial charge in [-0.1, -0.05) is 57.7 Å². The van der Waals surface area contributed by atoms with E-state index in [-0.39, 0.29) is 0 Å². The third-order valence-corrected chi connectivity index (χ3v) is 6.71. The lowest BCUT2D eigenvalue weighted by atomic mass is 9.95. The molecule has 31 heavy (non-hydrogen) atoms. The van der Waals surface area contributed by atoms with E-state index in [1.54, 1.807) is 6.20 Å². The van der Waals surface area contributed by atoms with Crippen molar-refractivity contribution in [2.45, 2.75) is 79.0 Å². The van der Waals surface area contributed by atoms with E-state index in [2.05, 4.69) is 57.8 Å². The van der Waals surface area contributed by atoms with E-state index in [9.17, 15) is 0 Å². The maximum atomic E-state index is 4.88. The molecule has 2 nitrogen and oxygen atoms in total. The number of aromatic nitrogens is 1. The molecule has 1 heterocycles. The predicted octanol–water partition coefficient (Wildman–Crippen LogP) is 8.97. The van der Waals surface area contributed by atoms with E-state index in [4.69, 9.17) is 4.99 Å². The minimum atomic E-state index is 0.909. The summed E-state index contributed by atoms with van der Waals surface area (Å²) in [5, 5.41) is 0. The molecule has 2 aromatic carbocycles. The molecule has 0 radical (unpaired) electrons. The number of hydrogen-bond donors (Lipinski definition) is 0. The first-order chi connectivity index (χ1) is 14.9.